The third-order valence-electron chi connectivity index (χ3n) is 4.86. The minimum absolute atomic E-state index is 0.0188. The van der Waals surface area contributed by atoms with Crippen LogP contribution in [0.2, 0.25) is 0 Å². The van der Waals surface area contributed by atoms with E-state index in [0.29, 0.717) is 37.5 Å². The van der Waals surface area contributed by atoms with Crippen LogP contribution < -0.4 is 10.1 Å². The van der Waals surface area contributed by atoms with E-state index >= 15 is 0 Å². The molecule has 1 atom stereocenters. The Labute approximate surface area is 158 Å². The van der Waals surface area contributed by atoms with Crippen LogP contribution in [0.5, 0.6) is 5.75 Å². The van der Waals surface area contributed by atoms with Crippen molar-refractivity contribution in [1.29, 1.82) is 0 Å². The second-order valence-electron chi connectivity index (χ2n) is 6.86. The van der Waals surface area contributed by atoms with Gasteiger partial charge in [-0.05, 0) is 43.4 Å². The number of aromatic nitrogens is 1. The third kappa shape index (κ3) is 4.87. The molecule has 2 amide bonds. The Balaban J connectivity index is 1.48. The summed E-state index contributed by atoms with van der Waals surface area (Å²) in [6, 6.07) is 7.47. The van der Waals surface area contributed by atoms with Crippen molar-refractivity contribution in [1.82, 2.24) is 15.2 Å². The lowest BCUT2D eigenvalue weighted by Crippen LogP contribution is -2.44. The number of amides is 2. The quantitative estimate of drug-likeness (QED) is 0.841. The molecule has 3 rings (SSSR count). The molecule has 1 N–H and O–H groups in total. The van der Waals surface area contributed by atoms with Gasteiger partial charge in [-0.25, -0.2) is 4.98 Å². The van der Waals surface area contributed by atoms with Gasteiger partial charge in [0.2, 0.25) is 11.7 Å². The molecular weight excluding hydrogens is 346 g/mol. The summed E-state index contributed by atoms with van der Waals surface area (Å²) in [4.78, 5) is 30.5. The average molecular weight is 371 g/mol. The smallest absolute Gasteiger partial charge is 0.291 e. The molecule has 2 aromatic rings. The predicted octanol–water partition coefficient (Wildman–Crippen LogP) is 2.20. The molecule has 144 valence electrons. The number of methoxy groups -OCH3 is 1. The van der Waals surface area contributed by atoms with Crippen molar-refractivity contribution in [2.75, 3.05) is 26.7 Å². The van der Waals surface area contributed by atoms with Crippen LogP contribution in [0.15, 0.2) is 35.1 Å². The van der Waals surface area contributed by atoms with E-state index in [-0.39, 0.29) is 17.7 Å². The Kier molecular flexibility index (Phi) is 6.11. The number of aryl methyl sites for hydroxylation is 1. The number of hydrogen-bond donors (Lipinski definition) is 1. The number of carbonyl (C=O) groups excluding carboxylic acids is 2. The van der Waals surface area contributed by atoms with E-state index in [1.54, 1.807) is 18.9 Å². The first-order valence-electron chi connectivity index (χ1n) is 9.16. The molecule has 0 saturated carbocycles. The van der Waals surface area contributed by atoms with E-state index < -0.39 is 0 Å². The molecule has 1 fully saturated rings. The summed E-state index contributed by atoms with van der Waals surface area (Å²) in [5.41, 5.74) is 1.55. The van der Waals surface area contributed by atoms with Gasteiger partial charge in [-0.15, -0.1) is 0 Å². The summed E-state index contributed by atoms with van der Waals surface area (Å²) in [7, 11) is 1.61. The lowest BCUT2D eigenvalue weighted by molar-refractivity contribution is -0.120. The molecule has 0 unspecified atom stereocenters. The zero-order valence-corrected chi connectivity index (χ0v) is 15.7. The Morgan fingerprint density at radius 3 is 2.78 bits per heavy atom. The maximum Gasteiger partial charge on any atom is 0.291 e. The number of rotatable bonds is 6. The van der Waals surface area contributed by atoms with Gasteiger partial charge in [-0.3, -0.25) is 9.59 Å². The number of carbonyl (C=O) groups is 2. The Morgan fingerprint density at radius 2 is 2.11 bits per heavy atom. The molecule has 1 aromatic heterocycles. The standard InChI is InChI=1S/C20H25N3O4/c1-14-19(27-13-22-14)20(25)23-9-3-4-16(12-23)11-21-18(24)10-15-5-7-17(26-2)8-6-15/h5-8,13,16H,3-4,9-12H2,1-2H3,(H,21,24)/t16-/m0/s1. The number of hydrogen-bond acceptors (Lipinski definition) is 5. The summed E-state index contributed by atoms with van der Waals surface area (Å²) >= 11 is 0. The van der Waals surface area contributed by atoms with Gasteiger partial charge in [0, 0.05) is 19.6 Å². The summed E-state index contributed by atoms with van der Waals surface area (Å²) in [6.45, 7) is 3.64. The molecule has 1 aliphatic rings. The van der Waals surface area contributed by atoms with Crippen molar-refractivity contribution in [3.05, 3.63) is 47.7 Å². The number of ether oxygens (including phenoxy) is 1. The molecule has 0 spiro atoms. The molecule has 2 heterocycles. The highest BCUT2D eigenvalue weighted by atomic mass is 16.5. The van der Waals surface area contributed by atoms with Crippen LogP contribution in [0.25, 0.3) is 0 Å². The van der Waals surface area contributed by atoms with Gasteiger partial charge in [-0.2, -0.15) is 0 Å². The van der Waals surface area contributed by atoms with Gasteiger partial charge in [0.25, 0.3) is 5.91 Å². The number of oxazole rings is 1. The zero-order chi connectivity index (χ0) is 19.2. The van der Waals surface area contributed by atoms with Crippen molar-refractivity contribution in [2.45, 2.75) is 26.2 Å². The summed E-state index contributed by atoms with van der Waals surface area (Å²) in [5.74, 6) is 1.17. The summed E-state index contributed by atoms with van der Waals surface area (Å²) in [6.07, 6.45) is 3.53. The fraction of sp³-hybridized carbons (Fsp3) is 0.450. The molecule has 1 saturated heterocycles. The largest absolute Gasteiger partial charge is 0.497 e. The molecule has 0 bridgehead atoms. The van der Waals surface area contributed by atoms with E-state index in [2.05, 4.69) is 10.3 Å². The lowest BCUT2D eigenvalue weighted by atomic mass is 9.97. The van der Waals surface area contributed by atoms with Crippen LogP contribution in [-0.4, -0.2) is 48.4 Å². The second kappa shape index (κ2) is 8.70. The van der Waals surface area contributed by atoms with Crippen LogP contribution in [0.3, 0.4) is 0 Å². The fourth-order valence-electron chi connectivity index (χ4n) is 3.32. The van der Waals surface area contributed by atoms with Gasteiger partial charge < -0.3 is 19.4 Å². The average Bonchev–Trinajstić information content (AvgIpc) is 3.12. The van der Waals surface area contributed by atoms with Crippen molar-refractivity contribution < 1.29 is 18.7 Å². The van der Waals surface area contributed by atoms with Gasteiger partial charge in [0.1, 0.15) is 5.75 Å². The number of nitrogens with one attached hydrogen (secondary N) is 1. The van der Waals surface area contributed by atoms with E-state index in [9.17, 15) is 9.59 Å². The number of piperidine rings is 1. The molecule has 27 heavy (non-hydrogen) atoms. The van der Waals surface area contributed by atoms with Crippen LogP contribution in [-0.2, 0) is 11.2 Å². The highest BCUT2D eigenvalue weighted by Crippen LogP contribution is 2.19. The van der Waals surface area contributed by atoms with Crippen LogP contribution in [0, 0.1) is 12.8 Å². The monoisotopic (exact) mass is 371 g/mol. The summed E-state index contributed by atoms with van der Waals surface area (Å²) in [5, 5.41) is 2.99. The number of likely N-dealkylation sites (tertiary alicyclic amines) is 1. The zero-order valence-electron chi connectivity index (χ0n) is 15.7. The Bertz CT molecular complexity index is 785. The molecule has 7 nitrogen and oxygen atoms in total. The first-order valence-corrected chi connectivity index (χ1v) is 9.16. The van der Waals surface area contributed by atoms with E-state index in [1.807, 2.05) is 24.3 Å². The van der Waals surface area contributed by atoms with Crippen LogP contribution in [0.4, 0.5) is 0 Å². The first-order chi connectivity index (χ1) is 13.1. The molecule has 1 aliphatic heterocycles. The van der Waals surface area contributed by atoms with Crippen LogP contribution in [0.1, 0.15) is 34.7 Å². The minimum atomic E-state index is -0.126. The SMILES string of the molecule is COc1ccc(CC(=O)NC[C@@H]2CCCN(C(=O)c3ocnc3C)C2)cc1. The highest BCUT2D eigenvalue weighted by molar-refractivity contribution is 5.92. The van der Waals surface area contributed by atoms with Crippen molar-refractivity contribution >= 4 is 11.8 Å². The van der Waals surface area contributed by atoms with Crippen LogP contribution >= 0.6 is 0 Å². The first kappa shape index (κ1) is 18.9. The van der Waals surface area contributed by atoms with E-state index in [4.69, 9.17) is 9.15 Å². The normalized spacial score (nSPS) is 16.8. The van der Waals surface area contributed by atoms with E-state index in [1.165, 1.54) is 6.39 Å². The molecule has 0 aliphatic carbocycles. The highest BCUT2D eigenvalue weighted by Gasteiger charge is 2.27. The number of benzene rings is 1. The van der Waals surface area contributed by atoms with Gasteiger partial charge in [0.15, 0.2) is 6.39 Å². The molecule has 7 heteroatoms. The maximum absolute atomic E-state index is 12.6. The van der Waals surface area contributed by atoms with E-state index in [0.717, 1.165) is 24.2 Å². The second-order valence-corrected chi connectivity index (χ2v) is 6.86. The predicted molar refractivity (Wildman–Crippen MR) is 99.6 cm³/mol. The maximum atomic E-state index is 12.6. The Hall–Kier alpha value is -2.83. The minimum Gasteiger partial charge on any atom is -0.497 e. The topological polar surface area (TPSA) is 84.7 Å². The lowest BCUT2D eigenvalue weighted by Gasteiger charge is -2.32. The van der Waals surface area contributed by atoms with Gasteiger partial charge >= 0.3 is 0 Å². The fourth-order valence-corrected chi connectivity index (χ4v) is 3.32. The number of nitrogens with zero attached hydrogens (tertiary/aromatic N) is 2. The molecule has 1 aromatic carbocycles. The third-order valence-corrected chi connectivity index (χ3v) is 4.86. The van der Waals surface area contributed by atoms with Crippen molar-refractivity contribution in [2.24, 2.45) is 5.92 Å². The Morgan fingerprint density at radius 1 is 1.33 bits per heavy atom. The van der Waals surface area contributed by atoms with Gasteiger partial charge in [0.05, 0.1) is 19.2 Å². The van der Waals surface area contributed by atoms with Crippen molar-refractivity contribution in [3.63, 3.8) is 0 Å². The molecule has 0 radical (unpaired) electrons. The van der Waals surface area contributed by atoms with Gasteiger partial charge in [-0.1, -0.05) is 12.1 Å². The molecular formula is C20H25N3O4. The van der Waals surface area contributed by atoms with Crippen molar-refractivity contribution in [3.8, 4) is 5.75 Å². The summed E-state index contributed by atoms with van der Waals surface area (Å²) < 4.78 is 10.3.